The topological polar surface area (TPSA) is 138 Å². The normalized spacial score (nSPS) is 15.5. The molecule has 9 nitrogen and oxygen atoms in total. The Kier molecular flexibility index (Phi) is 4.81. The van der Waals surface area contributed by atoms with E-state index in [0.717, 1.165) is 0 Å². The largest absolute Gasteiger partial charge is 0.382 e. The molecule has 0 amide bonds. The van der Waals surface area contributed by atoms with Gasteiger partial charge in [0.25, 0.3) is 10.0 Å². The third kappa shape index (κ3) is 3.21. The summed E-state index contributed by atoms with van der Waals surface area (Å²) in [6.45, 7) is 1.77. The van der Waals surface area contributed by atoms with Crippen LogP contribution < -0.4 is 15.4 Å². The zero-order valence-corrected chi connectivity index (χ0v) is 16.7. The summed E-state index contributed by atoms with van der Waals surface area (Å²) in [7, 11) is -3.91. The molecule has 3 aromatic rings. The molecule has 0 spiro atoms. The van der Waals surface area contributed by atoms with Gasteiger partial charge in [0.2, 0.25) is 0 Å². The summed E-state index contributed by atoms with van der Waals surface area (Å²) in [5.74, 6) is 0.259. The van der Waals surface area contributed by atoms with Crippen molar-refractivity contribution in [2.45, 2.75) is 17.9 Å². The SMILES string of the molecule is CC(Nc1ncnc(N)c1C#N)C1=Cc2ncccc2S(=O)(=O)N1c1ccccc1. The minimum Gasteiger partial charge on any atom is -0.382 e. The summed E-state index contributed by atoms with van der Waals surface area (Å²) in [4.78, 5) is 12.2. The molecule has 1 aliphatic rings. The number of nitrogens with one attached hydrogen (secondary N) is 1. The highest BCUT2D eigenvalue weighted by atomic mass is 32.2. The smallest absolute Gasteiger partial charge is 0.270 e. The zero-order valence-electron chi connectivity index (χ0n) is 15.9. The number of anilines is 3. The number of fused-ring (bicyclic) bond motifs is 1. The van der Waals surface area contributed by atoms with Crippen LogP contribution >= 0.6 is 0 Å². The number of nitriles is 1. The van der Waals surface area contributed by atoms with Crippen LogP contribution in [0.25, 0.3) is 6.08 Å². The highest BCUT2D eigenvalue weighted by Gasteiger charge is 2.36. The monoisotopic (exact) mass is 419 g/mol. The molecule has 3 heterocycles. The summed E-state index contributed by atoms with van der Waals surface area (Å²) in [6.07, 6.45) is 4.48. The summed E-state index contributed by atoms with van der Waals surface area (Å²) in [5, 5.41) is 12.5. The highest BCUT2D eigenvalue weighted by molar-refractivity contribution is 7.93. The van der Waals surface area contributed by atoms with E-state index in [2.05, 4.69) is 20.3 Å². The zero-order chi connectivity index (χ0) is 21.3. The first-order valence-corrected chi connectivity index (χ1v) is 10.4. The maximum absolute atomic E-state index is 13.5. The molecule has 30 heavy (non-hydrogen) atoms. The van der Waals surface area contributed by atoms with E-state index in [0.29, 0.717) is 17.1 Å². The first kappa shape index (κ1) is 19.4. The second-order valence-corrected chi connectivity index (χ2v) is 8.28. The Labute approximate surface area is 173 Å². The van der Waals surface area contributed by atoms with Crippen LogP contribution in [0.1, 0.15) is 18.2 Å². The number of nitrogens with two attached hydrogens (primary N) is 1. The van der Waals surface area contributed by atoms with Crippen molar-refractivity contribution in [3.63, 3.8) is 0 Å². The van der Waals surface area contributed by atoms with Gasteiger partial charge in [-0.3, -0.25) is 4.98 Å². The molecule has 10 heteroatoms. The average molecular weight is 419 g/mol. The predicted molar refractivity (Wildman–Crippen MR) is 113 cm³/mol. The molecule has 0 fully saturated rings. The number of pyridine rings is 1. The minimum atomic E-state index is -3.91. The molecule has 150 valence electrons. The number of rotatable bonds is 4. The van der Waals surface area contributed by atoms with Gasteiger partial charge >= 0.3 is 0 Å². The number of para-hydroxylation sites is 1. The Morgan fingerprint density at radius 1 is 1.13 bits per heavy atom. The molecule has 0 bridgehead atoms. The number of sulfonamides is 1. The second-order valence-electron chi connectivity index (χ2n) is 6.52. The van der Waals surface area contributed by atoms with Gasteiger partial charge in [-0.15, -0.1) is 0 Å². The van der Waals surface area contributed by atoms with Gasteiger partial charge in [-0.05, 0) is 37.3 Å². The third-order valence-corrected chi connectivity index (χ3v) is 6.42. The lowest BCUT2D eigenvalue weighted by Crippen LogP contribution is -2.40. The number of aromatic nitrogens is 3. The average Bonchev–Trinajstić information content (AvgIpc) is 2.74. The van der Waals surface area contributed by atoms with Crippen LogP contribution in [0, 0.1) is 11.3 Å². The minimum absolute atomic E-state index is 0.0411. The molecule has 4 rings (SSSR count). The van der Waals surface area contributed by atoms with E-state index in [1.165, 1.54) is 22.9 Å². The van der Waals surface area contributed by atoms with E-state index < -0.39 is 16.1 Å². The number of hydrogen-bond acceptors (Lipinski definition) is 8. The molecule has 0 radical (unpaired) electrons. The maximum atomic E-state index is 13.5. The van der Waals surface area contributed by atoms with E-state index in [4.69, 9.17) is 5.73 Å². The summed E-state index contributed by atoms with van der Waals surface area (Å²) in [6, 6.07) is 13.3. The van der Waals surface area contributed by atoms with E-state index in [9.17, 15) is 13.7 Å². The van der Waals surface area contributed by atoms with Gasteiger partial charge in [-0.25, -0.2) is 22.7 Å². The van der Waals surface area contributed by atoms with Crippen LogP contribution in [-0.2, 0) is 10.0 Å². The molecule has 0 saturated carbocycles. The summed E-state index contributed by atoms with van der Waals surface area (Å²) < 4.78 is 28.2. The lowest BCUT2D eigenvalue weighted by atomic mass is 10.1. The van der Waals surface area contributed by atoms with Crippen molar-refractivity contribution in [1.29, 1.82) is 5.26 Å². The van der Waals surface area contributed by atoms with Crippen molar-refractivity contribution < 1.29 is 8.42 Å². The van der Waals surface area contributed by atoms with Crippen LogP contribution in [-0.4, -0.2) is 29.4 Å². The molecular formula is C20H17N7O2S. The highest BCUT2D eigenvalue weighted by Crippen LogP contribution is 2.36. The van der Waals surface area contributed by atoms with Crippen molar-refractivity contribution in [3.8, 4) is 6.07 Å². The molecule has 1 aromatic carbocycles. The van der Waals surface area contributed by atoms with Gasteiger partial charge in [0, 0.05) is 6.20 Å². The Hall–Kier alpha value is -3.97. The number of nitrogens with zero attached hydrogens (tertiary/aromatic N) is 5. The fourth-order valence-electron chi connectivity index (χ4n) is 3.22. The molecule has 1 unspecified atom stereocenters. The lowest BCUT2D eigenvalue weighted by molar-refractivity contribution is 0.591. The summed E-state index contributed by atoms with van der Waals surface area (Å²) >= 11 is 0. The Balaban J connectivity index is 1.85. The fourth-order valence-corrected chi connectivity index (χ4v) is 4.93. The number of nitrogen functional groups attached to an aromatic ring is 1. The van der Waals surface area contributed by atoms with Crippen LogP contribution in [0.4, 0.5) is 17.3 Å². The van der Waals surface area contributed by atoms with Gasteiger partial charge in [-0.1, -0.05) is 18.2 Å². The van der Waals surface area contributed by atoms with Gasteiger partial charge in [0.05, 0.1) is 23.1 Å². The molecule has 1 atom stereocenters. The maximum Gasteiger partial charge on any atom is 0.270 e. The quantitative estimate of drug-likeness (QED) is 0.657. The van der Waals surface area contributed by atoms with Crippen LogP contribution in [0.3, 0.4) is 0 Å². The standard InChI is InChI=1S/C20H17N7O2S/c1-13(26-20-15(11-21)19(22)24-12-25-20)17-10-16-18(8-5-9-23-16)30(28,29)27(17)14-6-3-2-4-7-14/h2-10,12-13H,1H3,(H3,22,24,25,26). The van der Waals surface area contributed by atoms with Gasteiger partial charge in [0.1, 0.15) is 34.5 Å². The van der Waals surface area contributed by atoms with Crippen LogP contribution in [0.15, 0.2) is 65.6 Å². The Bertz CT molecular complexity index is 1280. The van der Waals surface area contributed by atoms with Gasteiger partial charge < -0.3 is 11.1 Å². The predicted octanol–water partition coefficient (Wildman–Crippen LogP) is 2.38. The van der Waals surface area contributed by atoms with Gasteiger partial charge in [0.15, 0.2) is 0 Å². The third-order valence-electron chi connectivity index (χ3n) is 4.61. The summed E-state index contributed by atoms with van der Waals surface area (Å²) in [5.41, 5.74) is 7.11. The Morgan fingerprint density at radius 3 is 2.63 bits per heavy atom. The molecule has 0 aliphatic carbocycles. The van der Waals surface area contributed by atoms with Crippen LogP contribution in [0.5, 0.6) is 0 Å². The van der Waals surface area contributed by atoms with E-state index >= 15 is 0 Å². The van der Waals surface area contributed by atoms with Crippen molar-refractivity contribution in [1.82, 2.24) is 15.0 Å². The van der Waals surface area contributed by atoms with E-state index in [1.807, 2.05) is 12.1 Å². The van der Waals surface area contributed by atoms with E-state index in [-0.39, 0.29) is 22.1 Å². The van der Waals surface area contributed by atoms with Crippen molar-refractivity contribution in [3.05, 3.63) is 71.9 Å². The molecule has 1 aliphatic heterocycles. The van der Waals surface area contributed by atoms with Gasteiger partial charge in [-0.2, -0.15) is 5.26 Å². The van der Waals surface area contributed by atoms with Crippen molar-refractivity contribution in [2.24, 2.45) is 0 Å². The molecule has 3 N–H and O–H groups in total. The van der Waals surface area contributed by atoms with Crippen LogP contribution in [0.2, 0.25) is 0 Å². The van der Waals surface area contributed by atoms with Crippen molar-refractivity contribution >= 4 is 33.4 Å². The number of hydrogen-bond donors (Lipinski definition) is 2. The lowest BCUT2D eigenvalue weighted by Gasteiger charge is -2.34. The first-order chi connectivity index (χ1) is 14.4. The molecule has 0 saturated heterocycles. The molecule has 2 aromatic heterocycles. The molecular weight excluding hydrogens is 402 g/mol. The Morgan fingerprint density at radius 2 is 1.90 bits per heavy atom. The van der Waals surface area contributed by atoms with Crippen molar-refractivity contribution in [2.75, 3.05) is 15.4 Å². The number of benzene rings is 1. The first-order valence-electron chi connectivity index (χ1n) is 8.97. The second kappa shape index (κ2) is 7.46. The van der Waals surface area contributed by atoms with E-state index in [1.54, 1.807) is 43.3 Å². The fraction of sp³-hybridized carbons (Fsp3) is 0.100.